The Labute approximate surface area is 201 Å². The van der Waals surface area contributed by atoms with Gasteiger partial charge in [-0.15, -0.1) is 0 Å². The topological polar surface area (TPSA) is 58.6 Å². The van der Waals surface area contributed by atoms with E-state index in [-0.39, 0.29) is 17.5 Å². The molecule has 0 radical (unpaired) electrons. The van der Waals surface area contributed by atoms with E-state index in [0.717, 1.165) is 28.1 Å². The van der Waals surface area contributed by atoms with Crippen LogP contribution in [0.2, 0.25) is 0 Å². The lowest BCUT2D eigenvalue weighted by Crippen LogP contribution is -2.33. The molecular formula is C29H30N2O3. The molecular weight excluding hydrogens is 424 g/mol. The van der Waals surface area contributed by atoms with Crippen molar-refractivity contribution in [2.45, 2.75) is 34.6 Å². The van der Waals surface area contributed by atoms with Gasteiger partial charge in [-0.25, -0.2) is 4.90 Å². The zero-order valence-corrected chi connectivity index (χ0v) is 20.3. The average Bonchev–Trinajstić information content (AvgIpc) is 3.05. The molecule has 0 spiro atoms. The molecule has 5 nitrogen and oxygen atoms in total. The Morgan fingerprint density at radius 1 is 0.824 bits per heavy atom. The Morgan fingerprint density at radius 2 is 1.50 bits per heavy atom. The first kappa shape index (κ1) is 23.3. The molecule has 0 unspecified atom stereocenters. The Balaban J connectivity index is 1.78. The summed E-state index contributed by atoms with van der Waals surface area (Å²) in [5, 5.41) is 3.29. The van der Waals surface area contributed by atoms with Gasteiger partial charge in [0.25, 0.3) is 11.8 Å². The molecule has 1 aliphatic heterocycles. The first-order valence-corrected chi connectivity index (χ1v) is 11.5. The predicted octanol–water partition coefficient (Wildman–Crippen LogP) is 6.04. The lowest BCUT2D eigenvalue weighted by molar-refractivity contribution is -0.120. The molecule has 0 atom stereocenters. The summed E-state index contributed by atoms with van der Waals surface area (Å²) in [7, 11) is 0. The third kappa shape index (κ3) is 4.46. The Hall–Kier alpha value is -3.86. The maximum atomic E-state index is 13.7. The summed E-state index contributed by atoms with van der Waals surface area (Å²) in [4.78, 5) is 28.6. The first-order chi connectivity index (χ1) is 16.3. The number of amides is 2. The number of hydrogen-bond acceptors (Lipinski definition) is 4. The highest BCUT2D eigenvalue weighted by Gasteiger charge is 2.40. The number of nitrogens with zero attached hydrogens (tertiary/aromatic N) is 1. The molecule has 0 bridgehead atoms. The predicted molar refractivity (Wildman–Crippen MR) is 137 cm³/mol. The molecule has 0 saturated carbocycles. The van der Waals surface area contributed by atoms with Gasteiger partial charge < -0.3 is 10.1 Å². The van der Waals surface area contributed by atoms with Crippen molar-refractivity contribution in [3.05, 3.63) is 94.7 Å². The molecule has 0 fully saturated rings. The van der Waals surface area contributed by atoms with Gasteiger partial charge in [-0.05, 0) is 73.2 Å². The van der Waals surface area contributed by atoms with Gasteiger partial charge in [-0.1, -0.05) is 56.3 Å². The summed E-state index contributed by atoms with van der Waals surface area (Å²) < 4.78 is 5.80. The number of carbonyl (C=O) groups excluding carboxylic acids is 2. The molecule has 34 heavy (non-hydrogen) atoms. The van der Waals surface area contributed by atoms with Crippen LogP contribution in [0.1, 0.15) is 36.1 Å². The standard InChI is InChI=1S/C29H30N2O3/c1-18(2)17-34-23-15-13-22(14-16-23)26-27(30-24-11-8-10-19(3)21(24)5)29(33)31(28(26)32)25-12-7-6-9-20(25)4/h6-16,18,30H,17H2,1-5H3. The number of aryl methyl sites for hydroxylation is 2. The van der Waals surface area contributed by atoms with Gasteiger partial charge >= 0.3 is 0 Å². The molecule has 4 rings (SSSR count). The van der Waals surface area contributed by atoms with Gasteiger partial charge in [0.2, 0.25) is 0 Å². The minimum Gasteiger partial charge on any atom is -0.493 e. The number of carbonyl (C=O) groups is 2. The van der Waals surface area contributed by atoms with E-state index in [1.807, 2.05) is 81.4 Å². The van der Waals surface area contributed by atoms with Crippen LogP contribution >= 0.6 is 0 Å². The molecule has 0 saturated heterocycles. The highest BCUT2D eigenvalue weighted by Crippen LogP contribution is 2.36. The molecule has 0 aliphatic carbocycles. The Bertz CT molecular complexity index is 1270. The molecule has 3 aromatic carbocycles. The molecule has 1 aliphatic rings. The number of imide groups is 1. The Kier molecular flexibility index (Phi) is 6.55. The minimum absolute atomic E-state index is 0.276. The van der Waals surface area contributed by atoms with Crippen LogP contribution in [0.4, 0.5) is 11.4 Å². The number of anilines is 2. The van der Waals surface area contributed by atoms with Crippen LogP contribution in [-0.2, 0) is 9.59 Å². The Morgan fingerprint density at radius 3 is 2.18 bits per heavy atom. The normalized spacial score (nSPS) is 13.8. The van der Waals surface area contributed by atoms with E-state index in [4.69, 9.17) is 4.74 Å². The first-order valence-electron chi connectivity index (χ1n) is 11.5. The van der Waals surface area contributed by atoms with Crippen LogP contribution in [0.5, 0.6) is 5.75 Å². The number of para-hydroxylation sites is 1. The van der Waals surface area contributed by atoms with Crippen molar-refractivity contribution in [3.8, 4) is 5.75 Å². The van der Waals surface area contributed by atoms with Crippen molar-refractivity contribution >= 4 is 28.8 Å². The van der Waals surface area contributed by atoms with Crippen molar-refractivity contribution in [2.75, 3.05) is 16.8 Å². The largest absolute Gasteiger partial charge is 0.493 e. The highest BCUT2D eigenvalue weighted by molar-refractivity contribution is 6.46. The lowest BCUT2D eigenvalue weighted by atomic mass is 10.0. The fourth-order valence-electron chi connectivity index (χ4n) is 3.95. The smallest absolute Gasteiger partial charge is 0.282 e. The number of ether oxygens (including phenoxy) is 1. The van der Waals surface area contributed by atoms with Gasteiger partial charge in [-0.2, -0.15) is 0 Å². The van der Waals surface area contributed by atoms with Crippen molar-refractivity contribution in [2.24, 2.45) is 5.92 Å². The number of rotatable bonds is 7. The molecule has 5 heteroatoms. The van der Waals surface area contributed by atoms with Crippen LogP contribution in [0, 0.1) is 26.7 Å². The molecule has 3 aromatic rings. The van der Waals surface area contributed by atoms with E-state index in [0.29, 0.717) is 29.3 Å². The fraction of sp³-hybridized carbons (Fsp3) is 0.241. The van der Waals surface area contributed by atoms with Gasteiger partial charge in [0, 0.05) is 5.69 Å². The number of hydrogen-bond donors (Lipinski definition) is 1. The molecule has 174 valence electrons. The van der Waals surface area contributed by atoms with Crippen molar-refractivity contribution in [1.82, 2.24) is 0 Å². The molecule has 2 amide bonds. The van der Waals surface area contributed by atoms with E-state index in [1.54, 1.807) is 6.07 Å². The van der Waals surface area contributed by atoms with E-state index >= 15 is 0 Å². The number of nitrogens with one attached hydrogen (secondary N) is 1. The van der Waals surface area contributed by atoms with E-state index < -0.39 is 0 Å². The molecule has 1 heterocycles. The summed E-state index contributed by atoms with van der Waals surface area (Å²) in [5.41, 5.74) is 5.67. The third-order valence-corrected chi connectivity index (χ3v) is 6.03. The van der Waals surface area contributed by atoms with Crippen LogP contribution in [-0.4, -0.2) is 18.4 Å². The van der Waals surface area contributed by atoms with Crippen LogP contribution in [0.3, 0.4) is 0 Å². The van der Waals surface area contributed by atoms with E-state index in [2.05, 4.69) is 19.2 Å². The van der Waals surface area contributed by atoms with Crippen molar-refractivity contribution < 1.29 is 14.3 Å². The van der Waals surface area contributed by atoms with Crippen molar-refractivity contribution in [3.63, 3.8) is 0 Å². The van der Waals surface area contributed by atoms with Gasteiger partial charge in [0.1, 0.15) is 11.4 Å². The van der Waals surface area contributed by atoms with Gasteiger partial charge in [0.15, 0.2) is 0 Å². The summed E-state index contributed by atoms with van der Waals surface area (Å²) in [6.07, 6.45) is 0. The third-order valence-electron chi connectivity index (χ3n) is 6.03. The summed E-state index contributed by atoms with van der Waals surface area (Å²) in [6.45, 7) is 10.7. The minimum atomic E-state index is -0.365. The SMILES string of the molecule is Cc1ccccc1N1C(=O)C(Nc2cccc(C)c2C)=C(c2ccc(OCC(C)C)cc2)C1=O. The molecule has 0 aromatic heterocycles. The van der Waals surface area contributed by atoms with Gasteiger partial charge in [-0.3, -0.25) is 9.59 Å². The second-order valence-corrected chi connectivity index (χ2v) is 9.08. The van der Waals surface area contributed by atoms with Crippen LogP contribution < -0.4 is 15.0 Å². The zero-order chi connectivity index (χ0) is 24.4. The monoisotopic (exact) mass is 454 g/mol. The van der Waals surface area contributed by atoms with Gasteiger partial charge in [0.05, 0.1) is 17.9 Å². The summed E-state index contributed by atoms with van der Waals surface area (Å²) in [5.74, 6) is 0.431. The summed E-state index contributed by atoms with van der Waals surface area (Å²) >= 11 is 0. The van der Waals surface area contributed by atoms with E-state index in [1.165, 1.54) is 4.90 Å². The second-order valence-electron chi connectivity index (χ2n) is 9.08. The highest BCUT2D eigenvalue weighted by atomic mass is 16.5. The van der Waals surface area contributed by atoms with Crippen LogP contribution in [0.25, 0.3) is 5.57 Å². The van der Waals surface area contributed by atoms with E-state index in [9.17, 15) is 9.59 Å². The maximum absolute atomic E-state index is 13.7. The van der Waals surface area contributed by atoms with Crippen molar-refractivity contribution in [1.29, 1.82) is 0 Å². The quantitative estimate of drug-likeness (QED) is 0.442. The summed E-state index contributed by atoms with van der Waals surface area (Å²) in [6, 6.07) is 20.7. The molecule has 1 N–H and O–H groups in total. The lowest BCUT2D eigenvalue weighted by Gasteiger charge is -2.18. The van der Waals surface area contributed by atoms with Crippen LogP contribution in [0.15, 0.2) is 72.4 Å². The second kappa shape index (κ2) is 9.56. The zero-order valence-electron chi connectivity index (χ0n) is 20.3. The maximum Gasteiger partial charge on any atom is 0.282 e. The fourth-order valence-corrected chi connectivity index (χ4v) is 3.95. The number of benzene rings is 3. The average molecular weight is 455 g/mol.